The number of carbonyl (C=O) groups is 2. The van der Waals surface area contributed by atoms with Crippen LogP contribution in [0.25, 0.3) is 11.1 Å². The fraction of sp³-hybridized carbons (Fsp3) is 0.304. The fourth-order valence-corrected chi connectivity index (χ4v) is 4.90. The van der Waals surface area contributed by atoms with E-state index in [1.807, 2.05) is 23.6 Å². The zero-order valence-corrected chi connectivity index (χ0v) is 17.4. The van der Waals surface area contributed by atoms with Crippen LogP contribution in [0.1, 0.15) is 58.8 Å². The van der Waals surface area contributed by atoms with Gasteiger partial charge in [0.15, 0.2) is 0 Å². The summed E-state index contributed by atoms with van der Waals surface area (Å²) >= 11 is 1.55. The summed E-state index contributed by atoms with van der Waals surface area (Å²) in [5.41, 5.74) is 8.19. The second-order valence-electron chi connectivity index (χ2n) is 7.59. The second kappa shape index (κ2) is 9.17. The number of primary amides is 1. The monoisotopic (exact) mass is 420 g/mol. The molecule has 3 aromatic rings. The summed E-state index contributed by atoms with van der Waals surface area (Å²) < 4.78 is 0. The number of aromatic nitrogens is 2. The summed E-state index contributed by atoms with van der Waals surface area (Å²) in [6.45, 7) is 0. The van der Waals surface area contributed by atoms with E-state index in [-0.39, 0.29) is 11.9 Å². The number of hydrogen-bond acceptors (Lipinski definition) is 5. The van der Waals surface area contributed by atoms with Gasteiger partial charge in [0.05, 0.1) is 5.92 Å². The van der Waals surface area contributed by atoms with Crippen LogP contribution in [0.4, 0.5) is 0 Å². The maximum absolute atomic E-state index is 13.5. The Balaban J connectivity index is 1.78. The first-order valence-corrected chi connectivity index (χ1v) is 11.0. The largest absolute Gasteiger partial charge is 0.366 e. The van der Waals surface area contributed by atoms with E-state index in [0.717, 1.165) is 47.3 Å². The number of nitrogens with zero attached hydrogens (tertiary/aromatic N) is 2. The number of thiophene rings is 1. The minimum atomic E-state index is -0.515. The quantitative estimate of drug-likeness (QED) is 0.632. The van der Waals surface area contributed by atoms with E-state index in [9.17, 15) is 9.59 Å². The van der Waals surface area contributed by atoms with Crippen LogP contribution in [-0.4, -0.2) is 27.8 Å². The van der Waals surface area contributed by atoms with E-state index in [2.05, 4.69) is 15.3 Å². The molecule has 0 saturated heterocycles. The van der Waals surface area contributed by atoms with Gasteiger partial charge in [-0.3, -0.25) is 9.59 Å². The van der Waals surface area contributed by atoms with Crippen molar-refractivity contribution in [1.82, 2.24) is 15.3 Å². The van der Waals surface area contributed by atoms with Crippen molar-refractivity contribution in [3.05, 3.63) is 70.4 Å². The molecule has 0 spiro atoms. The molecule has 0 radical (unpaired) electrons. The molecule has 1 fully saturated rings. The van der Waals surface area contributed by atoms with Crippen LogP contribution in [0.5, 0.6) is 0 Å². The predicted octanol–water partition coefficient (Wildman–Crippen LogP) is 3.88. The molecule has 2 amide bonds. The van der Waals surface area contributed by atoms with Crippen LogP contribution in [0, 0.1) is 0 Å². The fourth-order valence-electron chi connectivity index (χ4n) is 4.06. The van der Waals surface area contributed by atoms with Gasteiger partial charge in [-0.15, -0.1) is 11.3 Å². The summed E-state index contributed by atoms with van der Waals surface area (Å²) in [6, 6.07) is 9.37. The summed E-state index contributed by atoms with van der Waals surface area (Å²) in [5.74, 6) is -1.02. The predicted molar refractivity (Wildman–Crippen MR) is 117 cm³/mol. The van der Waals surface area contributed by atoms with Crippen LogP contribution >= 0.6 is 11.3 Å². The highest BCUT2D eigenvalue weighted by Crippen LogP contribution is 2.36. The van der Waals surface area contributed by atoms with Crippen molar-refractivity contribution in [3.63, 3.8) is 0 Å². The Bertz CT molecular complexity index is 1010. The molecule has 1 atom stereocenters. The van der Waals surface area contributed by atoms with Crippen molar-refractivity contribution in [2.24, 2.45) is 5.73 Å². The van der Waals surface area contributed by atoms with Gasteiger partial charge in [-0.2, -0.15) is 0 Å². The Kier molecular flexibility index (Phi) is 6.18. The van der Waals surface area contributed by atoms with Crippen molar-refractivity contribution < 1.29 is 9.59 Å². The first-order valence-electron chi connectivity index (χ1n) is 10.2. The van der Waals surface area contributed by atoms with Gasteiger partial charge in [-0.1, -0.05) is 31.4 Å². The minimum absolute atomic E-state index is 0.0192. The molecule has 154 valence electrons. The van der Waals surface area contributed by atoms with Crippen molar-refractivity contribution >= 4 is 23.2 Å². The molecule has 1 aromatic carbocycles. The van der Waals surface area contributed by atoms with Crippen molar-refractivity contribution in [1.29, 1.82) is 0 Å². The molecular weight excluding hydrogens is 396 g/mol. The molecule has 30 heavy (non-hydrogen) atoms. The van der Waals surface area contributed by atoms with Crippen LogP contribution in [0.15, 0.2) is 54.4 Å². The van der Waals surface area contributed by atoms with Crippen LogP contribution in [-0.2, 0) is 4.79 Å². The van der Waals surface area contributed by atoms with E-state index in [1.165, 1.54) is 12.7 Å². The molecule has 1 unspecified atom stereocenters. The van der Waals surface area contributed by atoms with Gasteiger partial charge >= 0.3 is 0 Å². The molecule has 4 rings (SSSR count). The number of amides is 2. The standard InChI is InChI=1S/C23H24N4O2S/c24-22(28)15-8-9-18(19(11-15)16-12-25-14-26-13-16)21(20-7-4-10-30-20)23(29)27-17-5-2-1-3-6-17/h4,7-14,17,21H,1-3,5-6H2,(H2,24,28)(H,27,29). The zero-order valence-electron chi connectivity index (χ0n) is 16.6. The number of hydrogen-bond donors (Lipinski definition) is 2. The van der Waals surface area contributed by atoms with Gasteiger partial charge in [0.25, 0.3) is 0 Å². The third-order valence-electron chi connectivity index (χ3n) is 5.56. The van der Waals surface area contributed by atoms with Gasteiger partial charge in [0.1, 0.15) is 6.33 Å². The third kappa shape index (κ3) is 4.41. The van der Waals surface area contributed by atoms with Crippen molar-refractivity contribution in [3.8, 4) is 11.1 Å². The lowest BCUT2D eigenvalue weighted by molar-refractivity contribution is -0.122. The average molecular weight is 421 g/mol. The van der Waals surface area contributed by atoms with Crippen molar-refractivity contribution in [2.45, 2.75) is 44.1 Å². The molecule has 1 aliphatic rings. The van der Waals surface area contributed by atoms with E-state index in [4.69, 9.17) is 5.73 Å². The molecule has 0 aliphatic heterocycles. The normalized spacial score (nSPS) is 15.5. The maximum atomic E-state index is 13.5. The molecule has 1 aliphatic carbocycles. The van der Waals surface area contributed by atoms with E-state index in [1.54, 1.807) is 35.9 Å². The average Bonchev–Trinajstić information content (AvgIpc) is 3.29. The Labute approximate surface area is 179 Å². The van der Waals surface area contributed by atoms with Crippen molar-refractivity contribution in [2.75, 3.05) is 0 Å². The van der Waals surface area contributed by atoms with E-state index < -0.39 is 11.8 Å². The van der Waals surface area contributed by atoms with E-state index >= 15 is 0 Å². The molecule has 3 N–H and O–H groups in total. The van der Waals surface area contributed by atoms with Crippen LogP contribution in [0.2, 0.25) is 0 Å². The highest BCUT2D eigenvalue weighted by atomic mass is 32.1. The van der Waals surface area contributed by atoms with Gasteiger partial charge in [0, 0.05) is 34.4 Å². The molecule has 1 saturated carbocycles. The first kappa shape index (κ1) is 20.2. The molecular formula is C23H24N4O2S. The summed E-state index contributed by atoms with van der Waals surface area (Å²) in [4.78, 5) is 34.5. The summed E-state index contributed by atoms with van der Waals surface area (Å²) in [7, 11) is 0. The van der Waals surface area contributed by atoms with Crippen LogP contribution in [0.3, 0.4) is 0 Å². The topological polar surface area (TPSA) is 98.0 Å². The van der Waals surface area contributed by atoms with Crippen LogP contribution < -0.4 is 11.1 Å². The Morgan fingerprint density at radius 2 is 1.87 bits per heavy atom. The maximum Gasteiger partial charge on any atom is 0.248 e. The summed E-state index contributed by atoms with van der Waals surface area (Å²) in [6.07, 6.45) is 10.4. The van der Waals surface area contributed by atoms with Gasteiger partial charge in [0.2, 0.25) is 11.8 Å². The van der Waals surface area contributed by atoms with E-state index in [0.29, 0.717) is 5.56 Å². The highest BCUT2D eigenvalue weighted by molar-refractivity contribution is 7.10. The number of nitrogens with two attached hydrogens (primary N) is 1. The lowest BCUT2D eigenvalue weighted by Crippen LogP contribution is -2.39. The number of rotatable bonds is 6. The molecule has 2 heterocycles. The Morgan fingerprint density at radius 3 is 2.53 bits per heavy atom. The second-order valence-corrected chi connectivity index (χ2v) is 8.56. The molecule has 6 nitrogen and oxygen atoms in total. The molecule has 7 heteroatoms. The van der Waals surface area contributed by atoms with Gasteiger partial charge in [-0.05, 0) is 47.5 Å². The molecule has 2 aromatic heterocycles. The highest BCUT2D eigenvalue weighted by Gasteiger charge is 2.29. The number of nitrogens with one attached hydrogen (secondary N) is 1. The van der Waals surface area contributed by atoms with Gasteiger partial charge < -0.3 is 11.1 Å². The zero-order chi connectivity index (χ0) is 20.9. The smallest absolute Gasteiger partial charge is 0.248 e. The third-order valence-corrected chi connectivity index (χ3v) is 6.50. The number of benzene rings is 1. The first-order chi connectivity index (χ1) is 14.6. The SMILES string of the molecule is NC(=O)c1ccc(C(C(=O)NC2CCCCC2)c2cccs2)c(-c2cncnc2)c1. The Morgan fingerprint density at radius 1 is 1.10 bits per heavy atom. The number of carbonyl (C=O) groups excluding carboxylic acids is 2. The lowest BCUT2D eigenvalue weighted by Gasteiger charge is -2.26. The van der Waals surface area contributed by atoms with Gasteiger partial charge in [-0.25, -0.2) is 9.97 Å². The lowest BCUT2D eigenvalue weighted by atomic mass is 9.87. The summed E-state index contributed by atoms with van der Waals surface area (Å²) in [5, 5.41) is 5.24. The minimum Gasteiger partial charge on any atom is -0.366 e. The Hall–Kier alpha value is -3.06. The molecule has 0 bridgehead atoms.